The molecule has 1 heterocycles. The summed E-state index contributed by atoms with van der Waals surface area (Å²) in [6, 6.07) is 6.92. The van der Waals surface area contributed by atoms with Crippen LogP contribution in [0.15, 0.2) is 24.3 Å². The average Bonchev–Trinajstić information content (AvgIpc) is 2.46. The summed E-state index contributed by atoms with van der Waals surface area (Å²) >= 11 is 5.80. The smallest absolute Gasteiger partial charge is 0.200 e. The van der Waals surface area contributed by atoms with E-state index in [0.717, 1.165) is 5.56 Å². The molecule has 2 N–H and O–H groups in total. The van der Waals surface area contributed by atoms with Crippen LogP contribution >= 0.6 is 11.6 Å². The zero-order valence-corrected chi connectivity index (χ0v) is 8.77. The molecule has 14 heavy (non-hydrogen) atoms. The van der Waals surface area contributed by atoms with Crippen molar-refractivity contribution in [2.24, 2.45) is 0 Å². The molecule has 1 aromatic rings. The van der Waals surface area contributed by atoms with Crippen LogP contribution in [0.3, 0.4) is 0 Å². The van der Waals surface area contributed by atoms with Gasteiger partial charge in [0.1, 0.15) is 0 Å². The molecule has 0 amide bonds. The molecule has 0 aliphatic carbocycles. The van der Waals surface area contributed by atoms with E-state index in [1.165, 1.54) is 0 Å². The second-order valence-electron chi connectivity index (χ2n) is 3.08. The van der Waals surface area contributed by atoms with Gasteiger partial charge in [-0.05, 0) is 17.7 Å². The molecule has 0 spiro atoms. The lowest BCUT2D eigenvalue weighted by Gasteiger charge is -2.07. The van der Waals surface area contributed by atoms with E-state index in [1.807, 2.05) is 6.07 Å². The first-order chi connectivity index (χ1) is 6.57. The Labute approximate surface area is 87.5 Å². The van der Waals surface area contributed by atoms with Crippen LogP contribution in [-0.4, -0.2) is 15.0 Å². The number of benzene rings is 1. The fraction of sp³-hybridized carbons (Fsp3) is 0.250. The van der Waals surface area contributed by atoms with E-state index < -0.39 is 10.2 Å². The first-order valence-corrected chi connectivity index (χ1v) is 5.95. The lowest BCUT2D eigenvalue weighted by molar-refractivity contribution is 0.583. The predicted molar refractivity (Wildman–Crippen MR) is 54.3 cm³/mol. The Morgan fingerprint density at radius 2 is 2.21 bits per heavy atom. The highest BCUT2D eigenvalue weighted by Gasteiger charge is 2.26. The molecule has 1 fully saturated rings. The minimum atomic E-state index is -3.30. The van der Waals surface area contributed by atoms with Crippen molar-refractivity contribution in [2.75, 3.05) is 6.54 Å². The molecule has 1 aliphatic heterocycles. The third-order valence-electron chi connectivity index (χ3n) is 2.03. The van der Waals surface area contributed by atoms with Crippen molar-refractivity contribution in [2.45, 2.75) is 6.04 Å². The quantitative estimate of drug-likeness (QED) is 0.753. The summed E-state index contributed by atoms with van der Waals surface area (Å²) in [5.74, 6) is 0. The molecule has 1 aliphatic rings. The van der Waals surface area contributed by atoms with E-state index in [0.29, 0.717) is 11.6 Å². The van der Waals surface area contributed by atoms with Crippen molar-refractivity contribution < 1.29 is 8.42 Å². The van der Waals surface area contributed by atoms with E-state index in [2.05, 4.69) is 9.44 Å². The molecule has 0 unspecified atom stereocenters. The van der Waals surface area contributed by atoms with Gasteiger partial charge in [0.05, 0.1) is 6.04 Å². The summed E-state index contributed by atoms with van der Waals surface area (Å²) in [7, 11) is -3.30. The van der Waals surface area contributed by atoms with Crippen LogP contribution in [0.5, 0.6) is 0 Å². The third-order valence-corrected chi connectivity index (χ3v) is 3.40. The van der Waals surface area contributed by atoms with Gasteiger partial charge in [-0.2, -0.15) is 13.1 Å². The minimum Gasteiger partial charge on any atom is -0.200 e. The van der Waals surface area contributed by atoms with Gasteiger partial charge in [-0.25, -0.2) is 4.72 Å². The summed E-state index contributed by atoms with van der Waals surface area (Å²) in [6.07, 6.45) is 0. The lowest BCUT2D eigenvalue weighted by Crippen LogP contribution is -2.23. The Balaban J connectivity index is 2.26. The predicted octanol–water partition coefficient (Wildman–Crippen LogP) is 0.819. The molecule has 0 radical (unpaired) electrons. The number of hydrogen-bond donors (Lipinski definition) is 2. The molecular formula is C8H9ClN2O2S. The number of hydrogen-bond acceptors (Lipinski definition) is 2. The largest absolute Gasteiger partial charge is 0.277 e. The van der Waals surface area contributed by atoms with Gasteiger partial charge in [0, 0.05) is 11.6 Å². The Morgan fingerprint density at radius 3 is 2.79 bits per heavy atom. The van der Waals surface area contributed by atoms with E-state index in [4.69, 9.17) is 11.6 Å². The van der Waals surface area contributed by atoms with Crippen LogP contribution in [0.25, 0.3) is 0 Å². The molecular weight excluding hydrogens is 224 g/mol. The molecule has 4 nitrogen and oxygen atoms in total. The van der Waals surface area contributed by atoms with Gasteiger partial charge in [-0.3, -0.25) is 0 Å². The first-order valence-electron chi connectivity index (χ1n) is 4.09. The van der Waals surface area contributed by atoms with Gasteiger partial charge < -0.3 is 0 Å². The first kappa shape index (κ1) is 9.92. The maximum atomic E-state index is 11.0. The van der Waals surface area contributed by atoms with Gasteiger partial charge in [0.2, 0.25) is 0 Å². The SMILES string of the molecule is O=S1(=O)NC[C@@H](c2cccc(Cl)c2)N1. The molecule has 1 atom stereocenters. The molecule has 1 aromatic carbocycles. The van der Waals surface area contributed by atoms with Gasteiger partial charge in [-0.1, -0.05) is 23.7 Å². The second-order valence-corrected chi connectivity index (χ2v) is 5.05. The zero-order chi connectivity index (χ0) is 10.2. The van der Waals surface area contributed by atoms with Gasteiger partial charge >= 0.3 is 0 Å². The Bertz CT molecular complexity index is 446. The fourth-order valence-corrected chi connectivity index (χ4v) is 2.64. The van der Waals surface area contributed by atoms with Crippen molar-refractivity contribution in [1.29, 1.82) is 0 Å². The third kappa shape index (κ3) is 2.06. The Morgan fingerprint density at radius 1 is 1.43 bits per heavy atom. The highest BCUT2D eigenvalue weighted by atomic mass is 35.5. The van der Waals surface area contributed by atoms with Gasteiger partial charge in [0.15, 0.2) is 0 Å². The van der Waals surface area contributed by atoms with Crippen molar-refractivity contribution in [3.63, 3.8) is 0 Å². The number of nitrogens with one attached hydrogen (secondary N) is 2. The summed E-state index contributed by atoms with van der Waals surface area (Å²) in [6.45, 7) is 0.364. The van der Waals surface area contributed by atoms with E-state index in [1.54, 1.807) is 18.2 Å². The van der Waals surface area contributed by atoms with Crippen molar-refractivity contribution >= 4 is 21.8 Å². The maximum Gasteiger partial charge on any atom is 0.277 e. The van der Waals surface area contributed by atoms with Crippen LogP contribution in [0, 0.1) is 0 Å². The number of halogens is 1. The van der Waals surface area contributed by atoms with Crippen LogP contribution in [0.1, 0.15) is 11.6 Å². The lowest BCUT2D eigenvalue weighted by atomic mass is 10.1. The van der Waals surface area contributed by atoms with Gasteiger partial charge in [0.25, 0.3) is 10.2 Å². The van der Waals surface area contributed by atoms with Crippen LogP contribution in [0.4, 0.5) is 0 Å². The molecule has 0 aromatic heterocycles. The Hall–Kier alpha value is -0.620. The van der Waals surface area contributed by atoms with E-state index in [9.17, 15) is 8.42 Å². The fourth-order valence-electron chi connectivity index (χ4n) is 1.37. The standard InChI is InChI=1S/C8H9ClN2O2S/c9-7-3-1-2-6(4-7)8-5-10-14(12,13)11-8/h1-4,8,10-11H,5H2/t8-/m0/s1. The molecule has 76 valence electrons. The molecule has 2 rings (SSSR count). The number of rotatable bonds is 1. The topological polar surface area (TPSA) is 58.2 Å². The van der Waals surface area contributed by atoms with Crippen LogP contribution in [-0.2, 0) is 10.2 Å². The zero-order valence-electron chi connectivity index (χ0n) is 7.20. The highest BCUT2D eigenvalue weighted by Crippen LogP contribution is 2.20. The maximum absolute atomic E-state index is 11.0. The molecule has 1 saturated heterocycles. The summed E-state index contributed by atoms with van der Waals surface area (Å²) < 4.78 is 26.9. The highest BCUT2D eigenvalue weighted by molar-refractivity contribution is 7.87. The van der Waals surface area contributed by atoms with Crippen LogP contribution < -0.4 is 9.44 Å². The van der Waals surface area contributed by atoms with Crippen molar-refractivity contribution in [3.8, 4) is 0 Å². The molecule has 0 bridgehead atoms. The normalized spacial score (nSPS) is 25.1. The van der Waals surface area contributed by atoms with Gasteiger partial charge in [-0.15, -0.1) is 0 Å². The minimum absolute atomic E-state index is 0.223. The summed E-state index contributed by atoms with van der Waals surface area (Å²) in [4.78, 5) is 0. The van der Waals surface area contributed by atoms with E-state index in [-0.39, 0.29) is 6.04 Å². The second kappa shape index (κ2) is 3.51. The average molecular weight is 233 g/mol. The molecule has 0 saturated carbocycles. The monoisotopic (exact) mass is 232 g/mol. The van der Waals surface area contributed by atoms with E-state index >= 15 is 0 Å². The summed E-state index contributed by atoms with van der Waals surface area (Å²) in [5.41, 5.74) is 0.867. The van der Waals surface area contributed by atoms with Crippen LogP contribution in [0.2, 0.25) is 5.02 Å². The Kier molecular flexibility index (Phi) is 2.48. The summed E-state index contributed by atoms with van der Waals surface area (Å²) in [5, 5.41) is 0.605. The molecule has 6 heteroatoms. The van der Waals surface area contributed by atoms with Crippen molar-refractivity contribution in [3.05, 3.63) is 34.9 Å². The van der Waals surface area contributed by atoms with Crippen molar-refractivity contribution in [1.82, 2.24) is 9.44 Å².